The van der Waals surface area contributed by atoms with Gasteiger partial charge in [-0.2, -0.15) is 0 Å². The zero-order valence-corrected chi connectivity index (χ0v) is 5.34. The van der Waals surface area contributed by atoms with Gasteiger partial charge in [-0.05, 0) is 6.08 Å². The van der Waals surface area contributed by atoms with Crippen LogP contribution >= 0.6 is 0 Å². The second-order valence-electron chi connectivity index (χ2n) is 1.94. The Morgan fingerprint density at radius 1 is 1.56 bits per heavy atom. The summed E-state index contributed by atoms with van der Waals surface area (Å²) in [7, 11) is 0. The van der Waals surface area contributed by atoms with E-state index >= 15 is 0 Å². The van der Waals surface area contributed by atoms with E-state index in [0.29, 0.717) is 6.10 Å². The lowest BCUT2D eigenvalue weighted by Crippen LogP contribution is -1.75. The molecule has 1 unspecified atom stereocenters. The lowest BCUT2D eigenvalue weighted by molar-refractivity contribution is 0.429. The van der Waals surface area contributed by atoms with E-state index in [9.17, 15) is 0 Å². The molecule has 0 aromatic carbocycles. The molecule has 0 aromatic rings. The van der Waals surface area contributed by atoms with Crippen LogP contribution in [0.25, 0.3) is 0 Å². The van der Waals surface area contributed by atoms with Gasteiger partial charge in [-0.1, -0.05) is 18.7 Å². The van der Waals surface area contributed by atoms with Gasteiger partial charge in [-0.15, -0.1) is 6.58 Å². The third-order valence-corrected chi connectivity index (χ3v) is 1.20. The van der Waals surface area contributed by atoms with E-state index in [1.165, 1.54) is 0 Å². The summed E-state index contributed by atoms with van der Waals surface area (Å²) in [6, 6.07) is 0. The minimum atomic E-state index is 0.306. The molecule has 1 aliphatic rings. The van der Waals surface area contributed by atoms with Crippen LogP contribution < -0.4 is 0 Å². The Morgan fingerprint density at radius 2 is 2.33 bits per heavy atom. The normalized spacial score (nSPS) is 27.1. The second kappa shape index (κ2) is 2.53. The number of rotatable bonds is 3. The third kappa shape index (κ3) is 1.46. The van der Waals surface area contributed by atoms with Crippen LogP contribution in [0, 0.1) is 0 Å². The quantitative estimate of drug-likeness (QED) is 0.412. The highest BCUT2D eigenvalue weighted by Crippen LogP contribution is 2.29. The first-order valence-corrected chi connectivity index (χ1v) is 2.98. The van der Waals surface area contributed by atoms with Crippen molar-refractivity contribution in [2.24, 2.45) is 0 Å². The van der Waals surface area contributed by atoms with Gasteiger partial charge in [0.05, 0.1) is 0 Å². The Bertz CT molecular complexity index is 156. The molecular weight excluding hydrogens is 112 g/mol. The van der Waals surface area contributed by atoms with Gasteiger partial charge in [-0.3, -0.25) is 0 Å². The summed E-state index contributed by atoms with van der Waals surface area (Å²) in [6.07, 6.45) is 6.70. The van der Waals surface area contributed by atoms with E-state index in [-0.39, 0.29) is 0 Å². The smallest absolute Gasteiger partial charge is 0.159 e. The lowest BCUT2D eigenvalue weighted by atomic mass is 10.3. The second-order valence-corrected chi connectivity index (χ2v) is 1.94. The molecule has 1 atom stereocenters. The molecule has 0 radical (unpaired) electrons. The predicted octanol–water partition coefficient (Wildman–Crippen LogP) is 2.03. The van der Waals surface area contributed by atoms with Crippen molar-refractivity contribution >= 4 is 0 Å². The van der Waals surface area contributed by atoms with Crippen molar-refractivity contribution in [3.63, 3.8) is 0 Å². The number of hydrogen-bond acceptors (Lipinski definition) is 1. The highest BCUT2D eigenvalue weighted by atomic mass is 16.6. The highest BCUT2D eigenvalue weighted by Gasteiger charge is 2.29. The molecule has 9 heavy (non-hydrogen) atoms. The van der Waals surface area contributed by atoms with Crippen molar-refractivity contribution in [3.05, 3.63) is 37.1 Å². The fraction of sp³-hybridized carbons (Fsp3) is 0.250. The number of hydrogen-bond donors (Lipinski definition) is 0. The summed E-state index contributed by atoms with van der Waals surface area (Å²) >= 11 is 0. The van der Waals surface area contributed by atoms with E-state index in [1.54, 1.807) is 6.08 Å². The lowest BCUT2D eigenvalue weighted by Gasteiger charge is -1.73. The van der Waals surface area contributed by atoms with Gasteiger partial charge in [-0.25, -0.2) is 0 Å². The van der Waals surface area contributed by atoms with E-state index in [1.807, 2.05) is 12.2 Å². The van der Waals surface area contributed by atoms with Gasteiger partial charge >= 0.3 is 0 Å². The Kier molecular flexibility index (Phi) is 1.73. The van der Waals surface area contributed by atoms with Gasteiger partial charge in [0.1, 0.15) is 5.76 Å². The van der Waals surface area contributed by atoms with Crippen LogP contribution in [-0.4, -0.2) is 6.10 Å². The van der Waals surface area contributed by atoms with E-state index in [4.69, 9.17) is 4.74 Å². The van der Waals surface area contributed by atoms with Crippen LogP contribution in [0.3, 0.4) is 0 Å². The van der Waals surface area contributed by atoms with Gasteiger partial charge in [0.25, 0.3) is 0 Å². The minimum absolute atomic E-state index is 0.306. The van der Waals surface area contributed by atoms with Crippen LogP contribution in [-0.2, 0) is 4.74 Å². The Balaban J connectivity index is 2.31. The average molecular weight is 122 g/mol. The van der Waals surface area contributed by atoms with Crippen molar-refractivity contribution in [2.45, 2.75) is 12.5 Å². The Hall–Kier alpha value is -0.980. The number of epoxide rings is 1. The third-order valence-electron chi connectivity index (χ3n) is 1.20. The molecule has 1 heteroatoms. The number of allylic oxidation sites excluding steroid dienone is 2. The van der Waals surface area contributed by atoms with Crippen LogP contribution in [0.4, 0.5) is 0 Å². The molecule has 1 fully saturated rings. The molecule has 1 aliphatic heterocycles. The zero-order chi connectivity index (χ0) is 6.69. The molecule has 1 nitrogen and oxygen atoms in total. The van der Waals surface area contributed by atoms with Gasteiger partial charge in [0.2, 0.25) is 0 Å². The molecule has 0 spiro atoms. The maximum absolute atomic E-state index is 5.12. The molecule has 0 bridgehead atoms. The molecule has 0 aliphatic carbocycles. The van der Waals surface area contributed by atoms with Crippen LogP contribution in [0.2, 0.25) is 0 Å². The molecule has 1 rings (SSSR count). The summed E-state index contributed by atoms with van der Waals surface area (Å²) in [4.78, 5) is 0. The summed E-state index contributed by atoms with van der Waals surface area (Å²) in [6.45, 7) is 7.16. The topological polar surface area (TPSA) is 12.5 Å². The first kappa shape index (κ1) is 6.14. The van der Waals surface area contributed by atoms with Crippen LogP contribution in [0.15, 0.2) is 37.1 Å². The van der Waals surface area contributed by atoms with Crippen molar-refractivity contribution in [1.29, 1.82) is 0 Å². The minimum Gasteiger partial charge on any atom is -0.483 e. The molecule has 1 saturated heterocycles. The van der Waals surface area contributed by atoms with Crippen molar-refractivity contribution in [1.82, 2.24) is 0 Å². The first-order chi connectivity index (χ1) is 4.38. The van der Waals surface area contributed by atoms with E-state index in [0.717, 1.165) is 12.2 Å². The maximum atomic E-state index is 5.12. The highest BCUT2D eigenvalue weighted by molar-refractivity contribution is 5.19. The Morgan fingerprint density at radius 3 is 2.89 bits per heavy atom. The standard InChI is InChI=1S/C8H10O/c1-3-5-7-8(9-7)6-4-2/h3-5,8H,1-2,6H2. The van der Waals surface area contributed by atoms with E-state index in [2.05, 4.69) is 13.2 Å². The van der Waals surface area contributed by atoms with Crippen LogP contribution in [0.1, 0.15) is 6.42 Å². The summed E-state index contributed by atoms with van der Waals surface area (Å²) in [5.74, 6) is 1.03. The number of ether oxygens (including phenoxy) is 1. The molecule has 0 amide bonds. The fourth-order valence-electron chi connectivity index (χ4n) is 0.709. The summed E-state index contributed by atoms with van der Waals surface area (Å²) < 4.78 is 5.12. The van der Waals surface area contributed by atoms with Crippen molar-refractivity contribution < 1.29 is 4.74 Å². The van der Waals surface area contributed by atoms with Crippen LogP contribution in [0.5, 0.6) is 0 Å². The molecule has 48 valence electrons. The van der Waals surface area contributed by atoms with Gasteiger partial charge in [0.15, 0.2) is 6.10 Å². The van der Waals surface area contributed by atoms with Gasteiger partial charge < -0.3 is 4.74 Å². The first-order valence-electron chi connectivity index (χ1n) is 2.98. The van der Waals surface area contributed by atoms with Gasteiger partial charge in [0, 0.05) is 6.42 Å². The molecule has 0 N–H and O–H groups in total. The zero-order valence-electron chi connectivity index (χ0n) is 5.34. The Labute approximate surface area is 55.3 Å². The fourth-order valence-corrected chi connectivity index (χ4v) is 0.709. The molecular formula is C8H10O. The maximum Gasteiger partial charge on any atom is 0.159 e. The summed E-state index contributed by atoms with van der Waals surface area (Å²) in [5.41, 5.74) is 0. The molecule has 1 heterocycles. The molecule has 0 aromatic heterocycles. The predicted molar refractivity (Wildman–Crippen MR) is 38.0 cm³/mol. The monoisotopic (exact) mass is 122 g/mol. The summed E-state index contributed by atoms with van der Waals surface area (Å²) in [5, 5.41) is 0. The molecule has 0 saturated carbocycles. The van der Waals surface area contributed by atoms with E-state index < -0.39 is 0 Å². The largest absolute Gasteiger partial charge is 0.483 e. The average Bonchev–Trinajstić information content (AvgIpc) is 2.50. The van der Waals surface area contributed by atoms with Crippen molar-refractivity contribution in [2.75, 3.05) is 0 Å². The SMILES string of the molecule is C=CC=C1OC1CC=C. The van der Waals surface area contributed by atoms with Crippen molar-refractivity contribution in [3.8, 4) is 0 Å².